The molecule has 11 nitrogen and oxygen atoms in total. The van der Waals surface area contributed by atoms with Crippen molar-refractivity contribution in [1.82, 2.24) is 15.2 Å². The molecule has 2 atom stereocenters. The molecule has 4 N–H and O–H groups in total. The predicted molar refractivity (Wildman–Crippen MR) is 166 cm³/mol. The molecule has 3 aromatic carbocycles. The Morgan fingerprint density at radius 1 is 0.867 bits per heavy atom. The van der Waals surface area contributed by atoms with Gasteiger partial charge < -0.3 is 30.3 Å². The van der Waals surface area contributed by atoms with Crippen molar-refractivity contribution in [2.45, 2.75) is 50.8 Å². The number of nitrogens with one attached hydrogen (secondary N) is 2. The van der Waals surface area contributed by atoms with E-state index >= 15 is 0 Å². The largest absolute Gasteiger partial charge is 0.480 e. The average molecular weight is 614 g/mol. The molecule has 1 heterocycles. The van der Waals surface area contributed by atoms with Gasteiger partial charge in [-0.15, -0.1) is 0 Å². The number of fused-ring (bicyclic) bond motifs is 4. The number of alkyl carbamates (subject to hydrolysis) is 1. The highest BCUT2D eigenvalue weighted by Gasteiger charge is 2.32. The Morgan fingerprint density at radius 2 is 1.47 bits per heavy atom. The van der Waals surface area contributed by atoms with E-state index in [9.17, 15) is 29.4 Å². The highest BCUT2D eigenvalue weighted by Crippen LogP contribution is 2.44. The maximum atomic E-state index is 13.4. The van der Waals surface area contributed by atoms with Gasteiger partial charge in [0.15, 0.2) is 0 Å². The monoisotopic (exact) mass is 613 g/mol. The van der Waals surface area contributed by atoms with Gasteiger partial charge in [-0.25, -0.2) is 14.4 Å². The minimum Gasteiger partial charge on any atom is -0.480 e. The molecule has 0 saturated carbocycles. The molecule has 0 bridgehead atoms. The maximum Gasteiger partial charge on any atom is 0.419 e. The number of carbonyl (C=O) groups is 4. The SMILES string of the molecule is CC(C)(C)OC(=O)n1cc(C[C@H](NC(=O)OCC2c3ccccc3-c3ccccc32)C(=O)N[C@@H](CO)C(=O)O)c2ccccc21. The van der Waals surface area contributed by atoms with Gasteiger partial charge in [-0.2, -0.15) is 0 Å². The number of nitrogens with zero attached hydrogens (tertiary/aromatic N) is 1. The van der Waals surface area contributed by atoms with Crippen LogP contribution in [0.15, 0.2) is 79.0 Å². The Balaban J connectivity index is 1.39. The molecule has 45 heavy (non-hydrogen) atoms. The molecule has 0 fully saturated rings. The van der Waals surface area contributed by atoms with Crippen LogP contribution in [0.2, 0.25) is 0 Å². The minimum absolute atomic E-state index is 0.000537. The number of hydrogen-bond acceptors (Lipinski definition) is 7. The summed E-state index contributed by atoms with van der Waals surface area (Å²) in [5.41, 5.74) is 4.44. The summed E-state index contributed by atoms with van der Waals surface area (Å²) in [4.78, 5) is 51.1. The third-order valence-electron chi connectivity index (χ3n) is 7.56. The van der Waals surface area contributed by atoms with Crippen molar-refractivity contribution in [3.05, 3.63) is 95.7 Å². The van der Waals surface area contributed by atoms with Gasteiger partial charge in [-0.1, -0.05) is 66.7 Å². The number of aliphatic hydroxyl groups excluding tert-OH is 1. The van der Waals surface area contributed by atoms with Gasteiger partial charge in [0, 0.05) is 23.9 Å². The Kier molecular flexibility index (Phi) is 8.92. The number of aliphatic carboxylic acids is 1. The molecule has 5 rings (SSSR count). The second kappa shape index (κ2) is 12.8. The molecule has 1 aliphatic rings. The number of rotatable bonds is 9. The Hall–Kier alpha value is -5.16. The second-order valence-corrected chi connectivity index (χ2v) is 11.8. The van der Waals surface area contributed by atoms with Crippen molar-refractivity contribution < 1.29 is 38.9 Å². The second-order valence-electron chi connectivity index (χ2n) is 11.8. The van der Waals surface area contributed by atoms with Gasteiger partial charge in [0.2, 0.25) is 5.91 Å². The number of carboxylic acid groups (broad SMARTS) is 1. The van der Waals surface area contributed by atoms with E-state index in [1.165, 1.54) is 10.8 Å². The molecule has 1 aromatic heterocycles. The first-order valence-corrected chi connectivity index (χ1v) is 14.5. The van der Waals surface area contributed by atoms with Crippen LogP contribution < -0.4 is 10.6 Å². The fourth-order valence-electron chi connectivity index (χ4n) is 5.54. The third-order valence-corrected chi connectivity index (χ3v) is 7.56. The van der Waals surface area contributed by atoms with Crippen molar-refractivity contribution in [2.24, 2.45) is 0 Å². The van der Waals surface area contributed by atoms with Gasteiger partial charge in [0.1, 0.15) is 24.3 Å². The summed E-state index contributed by atoms with van der Waals surface area (Å²) in [5, 5.41) is 24.4. The molecular weight excluding hydrogens is 578 g/mol. The number of aromatic nitrogens is 1. The fraction of sp³-hybridized carbons (Fsp3) is 0.294. The first-order valence-electron chi connectivity index (χ1n) is 14.5. The molecular formula is C34H35N3O8. The molecule has 0 radical (unpaired) electrons. The summed E-state index contributed by atoms with van der Waals surface area (Å²) < 4.78 is 12.5. The zero-order valence-corrected chi connectivity index (χ0v) is 25.2. The topological polar surface area (TPSA) is 156 Å². The van der Waals surface area contributed by atoms with Crippen LogP contribution in [-0.2, 0) is 25.5 Å². The molecule has 11 heteroatoms. The lowest BCUT2D eigenvalue weighted by Crippen LogP contribution is -2.53. The van der Waals surface area contributed by atoms with Crippen molar-refractivity contribution in [2.75, 3.05) is 13.2 Å². The number of carbonyl (C=O) groups excluding carboxylic acids is 3. The van der Waals surface area contributed by atoms with Crippen LogP contribution in [0.4, 0.5) is 9.59 Å². The molecule has 2 amide bonds. The molecule has 0 unspecified atom stereocenters. The zero-order chi connectivity index (χ0) is 32.3. The summed E-state index contributed by atoms with van der Waals surface area (Å²) in [5.74, 6) is -2.50. The van der Waals surface area contributed by atoms with Crippen LogP contribution in [0.5, 0.6) is 0 Å². The minimum atomic E-state index is -1.59. The van der Waals surface area contributed by atoms with E-state index in [0.29, 0.717) is 16.5 Å². The Labute approximate surface area is 259 Å². The summed E-state index contributed by atoms with van der Waals surface area (Å²) in [6.45, 7) is 4.39. The highest BCUT2D eigenvalue weighted by atomic mass is 16.6. The van der Waals surface area contributed by atoms with Crippen LogP contribution in [0.3, 0.4) is 0 Å². The van der Waals surface area contributed by atoms with Crippen LogP contribution in [0, 0.1) is 0 Å². The molecule has 4 aromatic rings. The van der Waals surface area contributed by atoms with E-state index < -0.39 is 48.4 Å². The first-order chi connectivity index (χ1) is 21.5. The number of ether oxygens (including phenoxy) is 2. The molecule has 1 aliphatic carbocycles. The Morgan fingerprint density at radius 3 is 2.07 bits per heavy atom. The number of para-hydroxylation sites is 1. The van der Waals surface area contributed by atoms with Gasteiger partial charge in [-0.05, 0) is 54.7 Å². The van der Waals surface area contributed by atoms with Crippen LogP contribution in [-0.4, -0.2) is 69.7 Å². The molecule has 0 spiro atoms. The smallest absolute Gasteiger partial charge is 0.419 e. The predicted octanol–water partition coefficient (Wildman–Crippen LogP) is 4.44. The summed E-state index contributed by atoms with van der Waals surface area (Å²) in [6, 6.07) is 19.9. The van der Waals surface area contributed by atoms with Crippen molar-refractivity contribution in [3.8, 4) is 11.1 Å². The van der Waals surface area contributed by atoms with E-state index in [-0.39, 0.29) is 18.9 Å². The third kappa shape index (κ3) is 6.83. The number of benzene rings is 3. The summed E-state index contributed by atoms with van der Waals surface area (Å²) in [6.07, 6.45) is -0.103. The van der Waals surface area contributed by atoms with Crippen molar-refractivity contribution in [3.63, 3.8) is 0 Å². The van der Waals surface area contributed by atoms with E-state index in [4.69, 9.17) is 9.47 Å². The lowest BCUT2D eigenvalue weighted by Gasteiger charge is -2.21. The molecule has 0 saturated heterocycles. The fourth-order valence-corrected chi connectivity index (χ4v) is 5.54. The lowest BCUT2D eigenvalue weighted by atomic mass is 9.98. The van der Waals surface area contributed by atoms with E-state index in [1.807, 2.05) is 48.5 Å². The number of hydrogen-bond donors (Lipinski definition) is 4. The van der Waals surface area contributed by atoms with Gasteiger partial charge in [-0.3, -0.25) is 9.36 Å². The van der Waals surface area contributed by atoms with Crippen LogP contribution in [0.25, 0.3) is 22.0 Å². The first kappa shape index (κ1) is 31.3. The average Bonchev–Trinajstić information content (AvgIpc) is 3.53. The van der Waals surface area contributed by atoms with Crippen LogP contribution in [0.1, 0.15) is 43.4 Å². The van der Waals surface area contributed by atoms with Gasteiger partial charge in [0.05, 0.1) is 12.1 Å². The van der Waals surface area contributed by atoms with Crippen molar-refractivity contribution >= 4 is 35.0 Å². The highest BCUT2D eigenvalue weighted by molar-refractivity contribution is 5.94. The number of carboxylic acids is 1. The maximum absolute atomic E-state index is 13.4. The van der Waals surface area contributed by atoms with E-state index in [0.717, 1.165) is 22.3 Å². The van der Waals surface area contributed by atoms with Gasteiger partial charge >= 0.3 is 18.2 Å². The molecule has 0 aliphatic heterocycles. The summed E-state index contributed by atoms with van der Waals surface area (Å²) >= 11 is 0. The van der Waals surface area contributed by atoms with E-state index in [2.05, 4.69) is 10.6 Å². The van der Waals surface area contributed by atoms with Crippen molar-refractivity contribution in [1.29, 1.82) is 0 Å². The zero-order valence-electron chi connectivity index (χ0n) is 25.2. The van der Waals surface area contributed by atoms with E-state index in [1.54, 1.807) is 45.0 Å². The summed E-state index contributed by atoms with van der Waals surface area (Å²) in [7, 11) is 0. The lowest BCUT2D eigenvalue weighted by molar-refractivity contribution is -0.143. The van der Waals surface area contributed by atoms with Crippen LogP contribution >= 0.6 is 0 Å². The molecule has 234 valence electrons. The standard InChI is InChI=1S/C34H35N3O8/c1-34(2,3)45-33(43)37-17-20(21-10-8-9-15-29(21)37)16-27(30(39)35-28(18-38)31(40)41)36-32(42)44-19-26-24-13-6-4-11-22(24)23-12-5-7-14-25(23)26/h4-15,17,26-28,38H,16,18-19H2,1-3H3,(H,35,39)(H,36,42)(H,40,41)/t27-,28-/m0/s1. The number of amides is 2. The Bertz CT molecular complexity index is 1710. The number of aliphatic hydroxyl groups is 1. The van der Waals surface area contributed by atoms with Gasteiger partial charge in [0.25, 0.3) is 0 Å². The quantitative estimate of drug-likeness (QED) is 0.216. The normalized spacial score (nSPS) is 13.8.